The number of hydrogen-bond acceptors (Lipinski definition) is 2. The minimum atomic E-state index is -0.00817. The molecule has 0 aliphatic carbocycles. The number of nitrogens with one attached hydrogen (secondary N) is 1. The number of nitrogens with zero attached hydrogens (tertiary/aromatic N) is 1. The van der Waals surface area contributed by atoms with Crippen LogP contribution in [0.15, 0.2) is 22.7 Å². The average molecular weight is 282 g/mol. The Labute approximate surface area is 104 Å². The van der Waals surface area contributed by atoms with Crippen molar-refractivity contribution in [3.63, 3.8) is 0 Å². The normalized spacial score (nSPS) is 13.6. The first-order chi connectivity index (χ1) is 7.56. The monoisotopic (exact) mass is 281 g/mol. The molecular weight excluding hydrogens is 266 g/mol. The van der Waals surface area contributed by atoms with Crippen LogP contribution in [-0.2, 0) is 0 Å². The molecule has 0 saturated heterocycles. The smallest absolute Gasteiger partial charge is 0.124 e. The van der Waals surface area contributed by atoms with Crippen molar-refractivity contribution in [3.8, 4) is 0 Å². The van der Waals surface area contributed by atoms with Gasteiger partial charge in [0.05, 0.1) is 17.1 Å². The fraction of sp³-hybridized carbons (Fsp3) is 0.417. The first kappa shape index (κ1) is 11.6. The zero-order valence-corrected chi connectivity index (χ0v) is 11.1. The fourth-order valence-electron chi connectivity index (χ4n) is 1.80. The third-order valence-electron chi connectivity index (χ3n) is 2.54. The molecular formula is C12H16BrN3. The number of rotatable bonds is 3. The van der Waals surface area contributed by atoms with Crippen molar-refractivity contribution in [2.24, 2.45) is 11.7 Å². The van der Waals surface area contributed by atoms with Gasteiger partial charge in [-0.2, -0.15) is 0 Å². The molecule has 0 saturated carbocycles. The Balaban J connectivity index is 2.32. The topological polar surface area (TPSA) is 54.7 Å². The molecule has 4 heteroatoms. The van der Waals surface area contributed by atoms with E-state index in [1.54, 1.807) is 0 Å². The van der Waals surface area contributed by atoms with Crippen LogP contribution in [0.2, 0.25) is 0 Å². The van der Waals surface area contributed by atoms with Crippen LogP contribution in [0.1, 0.15) is 32.1 Å². The molecule has 0 spiro atoms. The van der Waals surface area contributed by atoms with Gasteiger partial charge in [-0.1, -0.05) is 29.8 Å². The second-order valence-electron chi connectivity index (χ2n) is 4.52. The molecule has 3 N–H and O–H groups in total. The molecule has 3 nitrogen and oxygen atoms in total. The highest BCUT2D eigenvalue weighted by atomic mass is 79.9. The number of nitrogens with two attached hydrogens (primary N) is 1. The molecule has 0 fully saturated rings. The molecule has 1 heterocycles. The summed E-state index contributed by atoms with van der Waals surface area (Å²) in [6.45, 7) is 4.33. The molecule has 0 bridgehead atoms. The summed E-state index contributed by atoms with van der Waals surface area (Å²) in [6, 6.07) is 5.99. The van der Waals surface area contributed by atoms with E-state index in [0.717, 1.165) is 27.8 Å². The van der Waals surface area contributed by atoms with Crippen LogP contribution in [0.3, 0.4) is 0 Å². The summed E-state index contributed by atoms with van der Waals surface area (Å²) < 4.78 is 1.05. The molecule has 1 aromatic carbocycles. The van der Waals surface area contributed by atoms with Gasteiger partial charge in [0.1, 0.15) is 5.82 Å². The summed E-state index contributed by atoms with van der Waals surface area (Å²) in [5.74, 6) is 1.46. The van der Waals surface area contributed by atoms with Crippen LogP contribution < -0.4 is 5.73 Å². The van der Waals surface area contributed by atoms with Crippen molar-refractivity contribution in [1.82, 2.24) is 9.97 Å². The van der Waals surface area contributed by atoms with Crippen molar-refractivity contribution >= 4 is 27.0 Å². The quantitative estimate of drug-likeness (QED) is 0.906. The minimum Gasteiger partial charge on any atom is -0.341 e. The SMILES string of the molecule is CC(C)C[C@H](N)c1nc2ccc(Br)cc2[nH]1. The van der Waals surface area contributed by atoms with E-state index in [2.05, 4.69) is 39.7 Å². The highest BCUT2D eigenvalue weighted by Gasteiger charge is 2.12. The van der Waals surface area contributed by atoms with Crippen molar-refractivity contribution in [2.45, 2.75) is 26.3 Å². The van der Waals surface area contributed by atoms with E-state index < -0.39 is 0 Å². The molecule has 0 radical (unpaired) electrons. The van der Waals surface area contributed by atoms with Crippen LogP contribution in [-0.4, -0.2) is 9.97 Å². The summed E-state index contributed by atoms with van der Waals surface area (Å²) in [4.78, 5) is 7.78. The highest BCUT2D eigenvalue weighted by Crippen LogP contribution is 2.22. The predicted octanol–water partition coefficient (Wildman–Crippen LogP) is 3.37. The molecule has 86 valence electrons. The molecule has 0 amide bonds. The van der Waals surface area contributed by atoms with Gasteiger partial charge >= 0.3 is 0 Å². The average Bonchev–Trinajstić information content (AvgIpc) is 2.59. The molecule has 2 rings (SSSR count). The molecule has 0 aliphatic rings. The van der Waals surface area contributed by atoms with Crippen LogP contribution in [0.25, 0.3) is 11.0 Å². The number of imidazole rings is 1. The zero-order valence-electron chi connectivity index (χ0n) is 9.50. The van der Waals surface area contributed by atoms with Crippen molar-refractivity contribution in [3.05, 3.63) is 28.5 Å². The number of hydrogen-bond donors (Lipinski definition) is 2. The van der Waals surface area contributed by atoms with Crippen molar-refractivity contribution in [1.29, 1.82) is 0 Å². The Morgan fingerprint density at radius 1 is 1.44 bits per heavy atom. The van der Waals surface area contributed by atoms with Gasteiger partial charge in [-0.25, -0.2) is 4.98 Å². The Bertz CT molecular complexity index is 490. The molecule has 1 atom stereocenters. The van der Waals surface area contributed by atoms with E-state index in [0.29, 0.717) is 5.92 Å². The maximum absolute atomic E-state index is 6.09. The highest BCUT2D eigenvalue weighted by molar-refractivity contribution is 9.10. The predicted molar refractivity (Wildman–Crippen MR) is 70.2 cm³/mol. The molecule has 16 heavy (non-hydrogen) atoms. The van der Waals surface area contributed by atoms with E-state index in [1.165, 1.54) is 0 Å². The summed E-state index contributed by atoms with van der Waals surface area (Å²) in [6.07, 6.45) is 0.945. The molecule has 0 unspecified atom stereocenters. The molecule has 0 aliphatic heterocycles. The van der Waals surface area contributed by atoms with Crippen LogP contribution in [0, 0.1) is 5.92 Å². The van der Waals surface area contributed by atoms with E-state index in [-0.39, 0.29) is 6.04 Å². The lowest BCUT2D eigenvalue weighted by Crippen LogP contribution is -2.14. The van der Waals surface area contributed by atoms with E-state index in [1.807, 2.05) is 18.2 Å². The van der Waals surface area contributed by atoms with Crippen molar-refractivity contribution in [2.75, 3.05) is 0 Å². The maximum atomic E-state index is 6.09. The number of H-pyrrole nitrogens is 1. The Morgan fingerprint density at radius 3 is 2.88 bits per heavy atom. The van der Waals surface area contributed by atoms with Gasteiger partial charge in [-0.15, -0.1) is 0 Å². The lowest BCUT2D eigenvalue weighted by atomic mass is 10.0. The molecule has 2 aromatic rings. The second kappa shape index (κ2) is 4.55. The number of aromatic amines is 1. The van der Waals surface area contributed by atoms with Gasteiger partial charge in [0, 0.05) is 4.47 Å². The van der Waals surface area contributed by atoms with Gasteiger partial charge in [0.15, 0.2) is 0 Å². The van der Waals surface area contributed by atoms with E-state index >= 15 is 0 Å². The lowest BCUT2D eigenvalue weighted by Gasteiger charge is -2.10. The van der Waals surface area contributed by atoms with Gasteiger partial charge in [0.2, 0.25) is 0 Å². The largest absolute Gasteiger partial charge is 0.341 e. The summed E-state index contributed by atoms with van der Waals surface area (Å²) in [7, 11) is 0. The Hall–Kier alpha value is -0.870. The van der Waals surface area contributed by atoms with E-state index in [9.17, 15) is 0 Å². The summed E-state index contributed by atoms with van der Waals surface area (Å²) in [5, 5.41) is 0. The number of benzene rings is 1. The minimum absolute atomic E-state index is 0.00817. The maximum Gasteiger partial charge on any atom is 0.124 e. The summed E-state index contributed by atoms with van der Waals surface area (Å²) >= 11 is 3.44. The van der Waals surface area contributed by atoms with Gasteiger partial charge in [-0.05, 0) is 30.5 Å². The fourth-order valence-corrected chi connectivity index (χ4v) is 2.16. The van der Waals surface area contributed by atoms with Gasteiger partial charge in [0.25, 0.3) is 0 Å². The number of halogens is 1. The van der Waals surface area contributed by atoms with Gasteiger partial charge in [-0.3, -0.25) is 0 Å². The Morgan fingerprint density at radius 2 is 2.19 bits per heavy atom. The van der Waals surface area contributed by atoms with Crippen LogP contribution >= 0.6 is 15.9 Å². The summed E-state index contributed by atoms with van der Waals surface area (Å²) in [5.41, 5.74) is 8.09. The standard InChI is InChI=1S/C12H16BrN3/c1-7(2)5-9(14)12-15-10-4-3-8(13)6-11(10)16-12/h3-4,6-7,9H,5,14H2,1-2H3,(H,15,16)/t9-/m0/s1. The zero-order chi connectivity index (χ0) is 11.7. The Kier molecular flexibility index (Phi) is 3.30. The van der Waals surface area contributed by atoms with Crippen LogP contribution in [0.5, 0.6) is 0 Å². The van der Waals surface area contributed by atoms with Gasteiger partial charge < -0.3 is 10.7 Å². The second-order valence-corrected chi connectivity index (χ2v) is 5.44. The first-order valence-corrected chi connectivity index (χ1v) is 6.26. The number of fused-ring (bicyclic) bond motifs is 1. The first-order valence-electron chi connectivity index (χ1n) is 5.47. The lowest BCUT2D eigenvalue weighted by molar-refractivity contribution is 0.496. The number of aromatic nitrogens is 2. The van der Waals surface area contributed by atoms with E-state index in [4.69, 9.17) is 5.73 Å². The molecule has 1 aromatic heterocycles. The van der Waals surface area contributed by atoms with Crippen LogP contribution in [0.4, 0.5) is 0 Å². The third-order valence-corrected chi connectivity index (χ3v) is 3.03. The third kappa shape index (κ3) is 2.44. The van der Waals surface area contributed by atoms with Crippen molar-refractivity contribution < 1.29 is 0 Å².